The van der Waals surface area contributed by atoms with Crippen LogP contribution in [0.15, 0.2) is 12.4 Å². The van der Waals surface area contributed by atoms with Crippen molar-refractivity contribution in [1.29, 1.82) is 0 Å². The van der Waals surface area contributed by atoms with E-state index in [4.69, 9.17) is 10.5 Å². The molecule has 0 aliphatic carbocycles. The predicted molar refractivity (Wildman–Crippen MR) is 63.9 cm³/mol. The van der Waals surface area contributed by atoms with Gasteiger partial charge in [0.1, 0.15) is 11.6 Å². The monoisotopic (exact) mass is 233 g/mol. The largest absolute Gasteiger partial charge is 0.435 e. The minimum atomic E-state index is 0.440. The number of anilines is 1. The van der Waals surface area contributed by atoms with Crippen molar-refractivity contribution in [2.75, 3.05) is 5.73 Å². The SMILES string of the molecule is CCn1cc(Oc2nc(C)nc(N)c2C)cn1. The Morgan fingerprint density at radius 2 is 2.12 bits per heavy atom. The molecular weight excluding hydrogens is 218 g/mol. The summed E-state index contributed by atoms with van der Waals surface area (Å²) < 4.78 is 7.42. The van der Waals surface area contributed by atoms with Gasteiger partial charge in [0.15, 0.2) is 5.75 Å². The van der Waals surface area contributed by atoms with E-state index in [0.717, 1.165) is 12.1 Å². The summed E-state index contributed by atoms with van der Waals surface area (Å²) in [4.78, 5) is 8.28. The molecule has 2 heterocycles. The molecule has 0 atom stereocenters. The second-order valence-corrected chi connectivity index (χ2v) is 3.72. The number of hydrogen-bond acceptors (Lipinski definition) is 5. The minimum Gasteiger partial charge on any atom is -0.435 e. The summed E-state index contributed by atoms with van der Waals surface area (Å²) >= 11 is 0. The van der Waals surface area contributed by atoms with Gasteiger partial charge in [0.05, 0.1) is 18.0 Å². The average Bonchev–Trinajstić information content (AvgIpc) is 2.73. The lowest BCUT2D eigenvalue weighted by atomic mass is 10.3. The number of nitrogens with zero attached hydrogens (tertiary/aromatic N) is 4. The van der Waals surface area contributed by atoms with E-state index >= 15 is 0 Å². The van der Waals surface area contributed by atoms with Crippen molar-refractivity contribution in [3.05, 3.63) is 23.8 Å². The summed E-state index contributed by atoms with van der Waals surface area (Å²) in [6.07, 6.45) is 3.46. The van der Waals surface area contributed by atoms with Crippen LogP contribution in [0.1, 0.15) is 18.3 Å². The maximum atomic E-state index is 5.75. The molecule has 0 aromatic carbocycles. The number of nitrogens with two attached hydrogens (primary N) is 1. The first-order valence-corrected chi connectivity index (χ1v) is 5.41. The highest BCUT2D eigenvalue weighted by Crippen LogP contribution is 2.25. The van der Waals surface area contributed by atoms with Crippen molar-refractivity contribution in [3.8, 4) is 11.6 Å². The van der Waals surface area contributed by atoms with Gasteiger partial charge < -0.3 is 10.5 Å². The molecule has 2 rings (SSSR count). The summed E-state index contributed by atoms with van der Waals surface area (Å²) in [6.45, 7) is 6.41. The molecule has 0 fully saturated rings. The van der Waals surface area contributed by atoms with Crippen molar-refractivity contribution >= 4 is 5.82 Å². The summed E-state index contributed by atoms with van der Waals surface area (Å²) in [6, 6.07) is 0. The van der Waals surface area contributed by atoms with Crippen LogP contribution in [0.25, 0.3) is 0 Å². The molecule has 2 N–H and O–H groups in total. The van der Waals surface area contributed by atoms with Gasteiger partial charge in [-0.1, -0.05) is 0 Å². The Morgan fingerprint density at radius 1 is 1.35 bits per heavy atom. The molecule has 90 valence electrons. The third-order valence-electron chi connectivity index (χ3n) is 2.40. The van der Waals surface area contributed by atoms with E-state index in [9.17, 15) is 0 Å². The first-order chi connectivity index (χ1) is 8.10. The zero-order valence-electron chi connectivity index (χ0n) is 10.1. The molecule has 0 unspecified atom stereocenters. The third-order valence-corrected chi connectivity index (χ3v) is 2.40. The first kappa shape index (κ1) is 11.4. The zero-order chi connectivity index (χ0) is 12.4. The number of aromatic nitrogens is 4. The maximum Gasteiger partial charge on any atom is 0.227 e. The van der Waals surface area contributed by atoms with E-state index in [0.29, 0.717) is 23.3 Å². The van der Waals surface area contributed by atoms with Crippen molar-refractivity contribution in [2.45, 2.75) is 27.3 Å². The van der Waals surface area contributed by atoms with Crippen LogP contribution >= 0.6 is 0 Å². The highest BCUT2D eigenvalue weighted by atomic mass is 16.5. The van der Waals surface area contributed by atoms with Gasteiger partial charge in [-0.3, -0.25) is 4.68 Å². The van der Waals surface area contributed by atoms with Gasteiger partial charge in [0, 0.05) is 6.54 Å². The normalized spacial score (nSPS) is 10.5. The zero-order valence-corrected chi connectivity index (χ0v) is 10.1. The lowest BCUT2D eigenvalue weighted by Gasteiger charge is -2.07. The van der Waals surface area contributed by atoms with Gasteiger partial charge in [0.25, 0.3) is 0 Å². The molecule has 6 heteroatoms. The number of aryl methyl sites for hydroxylation is 2. The van der Waals surface area contributed by atoms with Crippen LogP contribution in [0.2, 0.25) is 0 Å². The van der Waals surface area contributed by atoms with Gasteiger partial charge in [-0.25, -0.2) is 4.98 Å². The third kappa shape index (κ3) is 2.35. The van der Waals surface area contributed by atoms with E-state index in [1.807, 2.05) is 20.0 Å². The number of nitrogen functional groups attached to an aromatic ring is 1. The van der Waals surface area contributed by atoms with Crippen molar-refractivity contribution < 1.29 is 4.74 Å². The summed E-state index contributed by atoms with van der Waals surface area (Å²) in [5.74, 6) is 2.15. The topological polar surface area (TPSA) is 78.8 Å². The van der Waals surface area contributed by atoms with E-state index in [1.54, 1.807) is 17.8 Å². The Balaban J connectivity index is 2.29. The molecule has 0 aliphatic heterocycles. The molecule has 0 radical (unpaired) electrons. The number of ether oxygens (including phenoxy) is 1. The fourth-order valence-electron chi connectivity index (χ4n) is 1.40. The van der Waals surface area contributed by atoms with Gasteiger partial charge in [-0.15, -0.1) is 0 Å². The molecular formula is C11H15N5O. The first-order valence-electron chi connectivity index (χ1n) is 5.41. The molecule has 0 saturated carbocycles. The number of hydrogen-bond donors (Lipinski definition) is 1. The maximum absolute atomic E-state index is 5.75. The molecule has 2 aromatic rings. The predicted octanol–water partition coefficient (Wildman–Crippen LogP) is 1.68. The Bertz CT molecular complexity index is 535. The van der Waals surface area contributed by atoms with Gasteiger partial charge in [0.2, 0.25) is 5.88 Å². The molecule has 2 aromatic heterocycles. The lowest BCUT2D eigenvalue weighted by Crippen LogP contribution is -2.02. The highest BCUT2D eigenvalue weighted by molar-refractivity contribution is 5.45. The Morgan fingerprint density at radius 3 is 2.76 bits per heavy atom. The molecule has 0 aliphatic rings. The van der Waals surface area contributed by atoms with Crippen molar-refractivity contribution in [1.82, 2.24) is 19.7 Å². The molecule has 17 heavy (non-hydrogen) atoms. The van der Waals surface area contributed by atoms with Crippen molar-refractivity contribution in [2.24, 2.45) is 0 Å². The van der Waals surface area contributed by atoms with Gasteiger partial charge in [-0.2, -0.15) is 10.1 Å². The highest BCUT2D eigenvalue weighted by Gasteiger charge is 2.09. The lowest BCUT2D eigenvalue weighted by molar-refractivity contribution is 0.455. The van der Waals surface area contributed by atoms with E-state index in [2.05, 4.69) is 15.1 Å². The van der Waals surface area contributed by atoms with Gasteiger partial charge >= 0.3 is 0 Å². The van der Waals surface area contributed by atoms with Crippen LogP contribution in [0, 0.1) is 13.8 Å². The van der Waals surface area contributed by atoms with Crippen LogP contribution in [0.4, 0.5) is 5.82 Å². The van der Waals surface area contributed by atoms with Gasteiger partial charge in [-0.05, 0) is 20.8 Å². The minimum absolute atomic E-state index is 0.440. The Kier molecular flexibility index (Phi) is 2.95. The molecule has 0 spiro atoms. The van der Waals surface area contributed by atoms with Crippen LogP contribution in [0.3, 0.4) is 0 Å². The van der Waals surface area contributed by atoms with Crippen LogP contribution in [-0.4, -0.2) is 19.7 Å². The van der Waals surface area contributed by atoms with Crippen LogP contribution in [-0.2, 0) is 6.54 Å². The Hall–Kier alpha value is -2.11. The fourth-order valence-corrected chi connectivity index (χ4v) is 1.40. The van der Waals surface area contributed by atoms with E-state index < -0.39 is 0 Å². The standard InChI is InChI=1S/C11H15N5O/c1-4-16-6-9(5-13-16)17-11-7(2)10(12)14-8(3)15-11/h5-6H,4H2,1-3H3,(H2,12,14,15). The molecule has 0 bridgehead atoms. The summed E-state index contributed by atoms with van der Waals surface area (Å²) in [7, 11) is 0. The number of rotatable bonds is 3. The Labute approximate surface area is 99.4 Å². The van der Waals surface area contributed by atoms with Crippen molar-refractivity contribution in [3.63, 3.8) is 0 Å². The van der Waals surface area contributed by atoms with Crippen LogP contribution in [0.5, 0.6) is 11.6 Å². The summed E-state index contributed by atoms with van der Waals surface area (Å²) in [5, 5.41) is 4.12. The van der Waals surface area contributed by atoms with E-state index in [1.165, 1.54) is 0 Å². The molecule has 0 amide bonds. The smallest absolute Gasteiger partial charge is 0.227 e. The fraction of sp³-hybridized carbons (Fsp3) is 0.364. The average molecular weight is 233 g/mol. The second-order valence-electron chi connectivity index (χ2n) is 3.72. The van der Waals surface area contributed by atoms with E-state index in [-0.39, 0.29) is 0 Å². The quantitative estimate of drug-likeness (QED) is 0.872. The molecule has 6 nitrogen and oxygen atoms in total. The van der Waals surface area contributed by atoms with Crippen LogP contribution < -0.4 is 10.5 Å². The summed E-state index contributed by atoms with van der Waals surface area (Å²) in [5.41, 5.74) is 6.49. The second kappa shape index (κ2) is 4.40. The molecule has 0 saturated heterocycles.